The lowest BCUT2D eigenvalue weighted by atomic mass is 9.97. The van der Waals surface area contributed by atoms with Gasteiger partial charge in [-0.05, 0) is 38.8 Å². The molecule has 0 spiro atoms. The Hall–Kier alpha value is -3.70. The molecule has 3 aromatic carbocycles. The van der Waals surface area contributed by atoms with E-state index in [9.17, 15) is 0 Å². The van der Waals surface area contributed by atoms with Crippen LogP contribution in [0.3, 0.4) is 0 Å². The van der Waals surface area contributed by atoms with Crippen LogP contribution >= 0.6 is 0 Å². The van der Waals surface area contributed by atoms with Crippen molar-refractivity contribution in [3.05, 3.63) is 95.6 Å². The van der Waals surface area contributed by atoms with Crippen molar-refractivity contribution in [2.24, 2.45) is 0 Å². The summed E-state index contributed by atoms with van der Waals surface area (Å²) in [5.41, 5.74) is 8.70. The molecule has 0 aliphatic carbocycles. The lowest BCUT2D eigenvalue weighted by molar-refractivity contribution is 1.00. The van der Waals surface area contributed by atoms with E-state index in [1.165, 1.54) is 11.1 Å². The second-order valence-electron chi connectivity index (χ2n) is 7.79. The predicted octanol–water partition coefficient (Wildman–Crippen LogP) is 7.22. The van der Waals surface area contributed by atoms with Gasteiger partial charge in [0.05, 0.1) is 11.4 Å². The summed E-state index contributed by atoms with van der Waals surface area (Å²) in [4.78, 5) is 10.0. The maximum atomic E-state index is 5.03. The van der Waals surface area contributed by atoms with Gasteiger partial charge in [0.15, 0.2) is 5.82 Å². The fraction of sp³-hybridized carbons (Fsp3) is 0.172. The van der Waals surface area contributed by atoms with Crippen LogP contribution in [0, 0.1) is 25.7 Å². The van der Waals surface area contributed by atoms with Crippen molar-refractivity contribution in [2.45, 2.75) is 33.6 Å². The maximum absolute atomic E-state index is 5.03. The Balaban J connectivity index is 1.89. The minimum absolute atomic E-state index is 0.209. The first-order valence-corrected chi connectivity index (χ1v) is 10.6. The van der Waals surface area contributed by atoms with Crippen molar-refractivity contribution in [2.75, 3.05) is 0 Å². The van der Waals surface area contributed by atoms with Crippen LogP contribution in [-0.2, 0) is 0 Å². The number of hydrogen-bond acceptors (Lipinski definition) is 2. The van der Waals surface area contributed by atoms with E-state index in [2.05, 4.69) is 105 Å². The molecule has 2 heteroatoms. The molecule has 0 N–H and O–H groups in total. The molecule has 1 heterocycles. The molecular weight excluding hydrogens is 376 g/mol. The minimum atomic E-state index is 0.209. The first-order valence-electron chi connectivity index (χ1n) is 10.6. The van der Waals surface area contributed by atoms with E-state index in [1.54, 1.807) is 0 Å². The molecule has 0 aliphatic heterocycles. The highest BCUT2D eigenvalue weighted by Crippen LogP contribution is 2.33. The monoisotopic (exact) mass is 402 g/mol. The van der Waals surface area contributed by atoms with Crippen LogP contribution in [-0.4, -0.2) is 9.97 Å². The number of rotatable bonds is 4. The summed E-state index contributed by atoms with van der Waals surface area (Å²) in [5, 5.41) is 0. The normalized spacial score (nSPS) is 11.5. The smallest absolute Gasteiger partial charge is 0.160 e. The first-order chi connectivity index (χ1) is 15.1. The Labute approximate surface area is 185 Å². The Bertz CT molecular complexity index is 1260. The highest BCUT2D eigenvalue weighted by atomic mass is 14.9. The molecule has 0 fully saturated rings. The van der Waals surface area contributed by atoms with Crippen molar-refractivity contribution >= 4 is 0 Å². The molecule has 4 aromatic rings. The average molecular weight is 403 g/mol. The summed E-state index contributed by atoms with van der Waals surface area (Å²) in [6.07, 6.45) is 0. The quantitative estimate of drug-likeness (QED) is 0.337. The zero-order chi connectivity index (χ0) is 21.8. The lowest BCUT2D eigenvalue weighted by Gasteiger charge is -2.15. The molecule has 1 aromatic heterocycles. The van der Waals surface area contributed by atoms with Crippen molar-refractivity contribution in [1.82, 2.24) is 9.97 Å². The zero-order valence-corrected chi connectivity index (χ0v) is 18.5. The maximum Gasteiger partial charge on any atom is 0.160 e. The molecule has 0 saturated heterocycles. The highest BCUT2D eigenvalue weighted by Gasteiger charge is 2.16. The SMILES string of the molecule is CC#CC(C)c1ccc(-c2nc(-c3ccccc3)c(C)c(-c3ccccc3C)n2)cc1. The summed E-state index contributed by atoms with van der Waals surface area (Å²) < 4.78 is 0. The largest absolute Gasteiger partial charge is 0.228 e. The summed E-state index contributed by atoms with van der Waals surface area (Å²) in [5.74, 6) is 7.16. The standard InChI is InChI=1S/C29H26N2/c1-5-11-20(2)23-16-18-25(19-17-23)29-30-27(24-13-7-6-8-14-24)22(4)28(31-29)26-15-10-9-12-21(26)3/h6-10,12-20H,1-4H3. The average Bonchev–Trinajstić information content (AvgIpc) is 2.81. The van der Waals surface area contributed by atoms with Gasteiger partial charge in [-0.25, -0.2) is 9.97 Å². The van der Waals surface area contributed by atoms with Gasteiger partial charge in [-0.3, -0.25) is 0 Å². The Morgan fingerprint density at radius 2 is 1.35 bits per heavy atom. The van der Waals surface area contributed by atoms with Crippen molar-refractivity contribution in [3.8, 4) is 45.7 Å². The molecule has 0 aliphatic rings. The first kappa shape index (κ1) is 20.6. The summed E-state index contributed by atoms with van der Waals surface area (Å²) in [7, 11) is 0. The molecular formula is C29H26N2. The van der Waals surface area contributed by atoms with Gasteiger partial charge in [0.1, 0.15) is 0 Å². The van der Waals surface area contributed by atoms with Gasteiger partial charge in [0, 0.05) is 28.2 Å². The molecule has 0 bridgehead atoms. The van der Waals surface area contributed by atoms with Crippen LogP contribution in [0.5, 0.6) is 0 Å². The van der Waals surface area contributed by atoms with E-state index in [0.29, 0.717) is 0 Å². The molecule has 31 heavy (non-hydrogen) atoms. The molecule has 0 amide bonds. The Morgan fingerprint density at radius 3 is 2.03 bits per heavy atom. The van der Waals surface area contributed by atoms with Crippen LogP contribution < -0.4 is 0 Å². The van der Waals surface area contributed by atoms with Gasteiger partial charge < -0.3 is 0 Å². The zero-order valence-electron chi connectivity index (χ0n) is 18.5. The molecule has 1 unspecified atom stereocenters. The van der Waals surface area contributed by atoms with Gasteiger partial charge in [0.25, 0.3) is 0 Å². The molecule has 1 atom stereocenters. The summed E-state index contributed by atoms with van der Waals surface area (Å²) in [6, 6.07) is 27.2. The number of nitrogens with zero attached hydrogens (tertiary/aromatic N) is 2. The van der Waals surface area contributed by atoms with E-state index in [0.717, 1.165) is 39.5 Å². The van der Waals surface area contributed by atoms with Crippen LogP contribution in [0.2, 0.25) is 0 Å². The van der Waals surface area contributed by atoms with E-state index in [4.69, 9.17) is 9.97 Å². The summed E-state index contributed by atoms with van der Waals surface area (Å²) >= 11 is 0. The number of aryl methyl sites for hydroxylation is 1. The molecule has 0 radical (unpaired) electrons. The fourth-order valence-corrected chi connectivity index (χ4v) is 3.84. The van der Waals surface area contributed by atoms with Crippen molar-refractivity contribution in [1.29, 1.82) is 0 Å². The van der Waals surface area contributed by atoms with Crippen molar-refractivity contribution < 1.29 is 0 Å². The predicted molar refractivity (Wildman–Crippen MR) is 130 cm³/mol. The third-order valence-corrected chi connectivity index (χ3v) is 5.62. The Kier molecular flexibility index (Phi) is 5.96. The molecule has 152 valence electrons. The molecule has 0 saturated carbocycles. The van der Waals surface area contributed by atoms with Gasteiger partial charge >= 0.3 is 0 Å². The van der Waals surface area contributed by atoms with Gasteiger partial charge in [0.2, 0.25) is 0 Å². The number of benzene rings is 3. The van der Waals surface area contributed by atoms with E-state index in [-0.39, 0.29) is 5.92 Å². The highest BCUT2D eigenvalue weighted by molar-refractivity contribution is 5.77. The molecule has 2 nitrogen and oxygen atoms in total. The van der Waals surface area contributed by atoms with Gasteiger partial charge in [-0.15, -0.1) is 5.92 Å². The van der Waals surface area contributed by atoms with Crippen LogP contribution in [0.1, 0.15) is 36.5 Å². The number of aromatic nitrogens is 2. The van der Waals surface area contributed by atoms with Crippen LogP contribution in [0.25, 0.3) is 33.9 Å². The topological polar surface area (TPSA) is 25.8 Å². The second-order valence-corrected chi connectivity index (χ2v) is 7.79. The third kappa shape index (κ3) is 4.27. The summed E-state index contributed by atoms with van der Waals surface area (Å²) in [6.45, 7) is 8.24. The van der Waals surface area contributed by atoms with Gasteiger partial charge in [-0.1, -0.05) is 84.8 Å². The Morgan fingerprint density at radius 1 is 0.710 bits per heavy atom. The fourth-order valence-electron chi connectivity index (χ4n) is 3.84. The van der Waals surface area contributed by atoms with Crippen LogP contribution in [0.15, 0.2) is 78.9 Å². The van der Waals surface area contributed by atoms with E-state index >= 15 is 0 Å². The lowest BCUT2D eigenvalue weighted by Crippen LogP contribution is -2.01. The minimum Gasteiger partial charge on any atom is -0.228 e. The third-order valence-electron chi connectivity index (χ3n) is 5.62. The van der Waals surface area contributed by atoms with Crippen molar-refractivity contribution in [3.63, 3.8) is 0 Å². The molecule has 4 rings (SSSR count). The van der Waals surface area contributed by atoms with Gasteiger partial charge in [-0.2, -0.15) is 0 Å². The second kappa shape index (κ2) is 8.98. The van der Waals surface area contributed by atoms with Crippen LogP contribution in [0.4, 0.5) is 0 Å². The number of hydrogen-bond donors (Lipinski definition) is 0. The van der Waals surface area contributed by atoms with E-state index in [1.807, 2.05) is 13.0 Å². The van der Waals surface area contributed by atoms with E-state index < -0.39 is 0 Å².